The number of amides is 2. The Labute approximate surface area is 152 Å². The fourth-order valence-electron chi connectivity index (χ4n) is 2.33. The summed E-state index contributed by atoms with van der Waals surface area (Å²) in [6, 6.07) is 7.28. The zero-order valence-electron chi connectivity index (χ0n) is 15.1. The second kappa shape index (κ2) is 10.9. The highest BCUT2D eigenvalue weighted by Crippen LogP contribution is 2.06. The van der Waals surface area contributed by atoms with Crippen LogP contribution in [0.3, 0.4) is 0 Å². The number of carbonyl (C=O) groups excluding carboxylic acids is 4. The molecular formula is C18H24N2O6. The lowest BCUT2D eigenvalue weighted by Gasteiger charge is -2.21. The van der Waals surface area contributed by atoms with Crippen LogP contribution >= 0.6 is 0 Å². The fourth-order valence-corrected chi connectivity index (χ4v) is 2.33. The smallest absolute Gasteiger partial charge is 0.328 e. The van der Waals surface area contributed by atoms with E-state index in [0.717, 1.165) is 5.56 Å². The third kappa shape index (κ3) is 7.33. The van der Waals surface area contributed by atoms with Gasteiger partial charge in [-0.3, -0.25) is 14.4 Å². The molecule has 0 radical (unpaired) electrons. The Morgan fingerprint density at radius 3 is 2.15 bits per heavy atom. The maximum atomic E-state index is 12.6. The van der Waals surface area contributed by atoms with Crippen molar-refractivity contribution in [2.24, 2.45) is 0 Å². The molecule has 1 aromatic carbocycles. The van der Waals surface area contributed by atoms with Gasteiger partial charge in [-0.05, 0) is 12.0 Å². The molecule has 8 heteroatoms. The van der Waals surface area contributed by atoms with Crippen LogP contribution in [0.1, 0.15) is 25.3 Å². The Morgan fingerprint density at radius 2 is 1.62 bits per heavy atom. The summed E-state index contributed by atoms with van der Waals surface area (Å²) in [7, 11) is 2.43. The molecule has 0 heterocycles. The van der Waals surface area contributed by atoms with Crippen molar-refractivity contribution in [3.63, 3.8) is 0 Å². The summed E-state index contributed by atoms with van der Waals surface area (Å²) in [4.78, 5) is 47.2. The number of benzene rings is 1. The molecule has 0 aliphatic heterocycles. The Hall–Kier alpha value is -2.90. The van der Waals surface area contributed by atoms with Crippen molar-refractivity contribution in [1.29, 1.82) is 0 Å². The number of carbonyl (C=O) groups is 4. The van der Waals surface area contributed by atoms with Crippen molar-refractivity contribution < 1.29 is 28.7 Å². The van der Waals surface area contributed by atoms with Crippen molar-refractivity contribution in [1.82, 2.24) is 10.6 Å². The van der Waals surface area contributed by atoms with Crippen molar-refractivity contribution >= 4 is 23.8 Å². The maximum Gasteiger partial charge on any atom is 0.328 e. The zero-order chi connectivity index (χ0) is 19.5. The van der Waals surface area contributed by atoms with Crippen LogP contribution in [-0.2, 0) is 35.1 Å². The van der Waals surface area contributed by atoms with E-state index >= 15 is 0 Å². The van der Waals surface area contributed by atoms with E-state index in [9.17, 15) is 19.2 Å². The molecule has 0 aliphatic rings. The van der Waals surface area contributed by atoms with Gasteiger partial charge >= 0.3 is 11.9 Å². The van der Waals surface area contributed by atoms with Gasteiger partial charge in [0.05, 0.1) is 14.2 Å². The molecule has 142 valence electrons. The van der Waals surface area contributed by atoms with Crippen molar-refractivity contribution in [3.05, 3.63) is 35.9 Å². The van der Waals surface area contributed by atoms with Crippen LogP contribution in [0.4, 0.5) is 0 Å². The molecule has 0 unspecified atom stereocenters. The number of ether oxygens (including phenoxy) is 2. The van der Waals surface area contributed by atoms with Gasteiger partial charge in [0.1, 0.15) is 12.1 Å². The van der Waals surface area contributed by atoms with E-state index < -0.39 is 29.9 Å². The van der Waals surface area contributed by atoms with Crippen LogP contribution < -0.4 is 10.6 Å². The minimum atomic E-state index is -1.02. The monoisotopic (exact) mass is 364 g/mol. The molecule has 2 N–H and O–H groups in total. The van der Waals surface area contributed by atoms with E-state index in [1.807, 2.05) is 30.3 Å². The van der Waals surface area contributed by atoms with E-state index in [4.69, 9.17) is 0 Å². The molecule has 1 rings (SSSR count). The largest absolute Gasteiger partial charge is 0.469 e. The highest BCUT2D eigenvalue weighted by molar-refractivity contribution is 5.90. The molecule has 0 fully saturated rings. The maximum absolute atomic E-state index is 12.6. The molecule has 8 nitrogen and oxygen atoms in total. The van der Waals surface area contributed by atoms with E-state index in [0.29, 0.717) is 0 Å². The van der Waals surface area contributed by atoms with Gasteiger partial charge in [-0.25, -0.2) is 4.79 Å². The van der Waals surface area contributed by atoms with Crippen LogP contribution in [0, 0.1) is 0 Å². The first-order valence-electron chi connectivity index (χ1n) is 8.13. The quantitative estimate of drug-likeness (QED) is 0.612. The van der Waals surface area contributed by atoms with Crippen molar-refractivity contribution in [2.45, 2.75) is 38.3 Å². The molecule has 0 aromatic heterocycles. The van der Waals surface area contributed by atoms with Gasteiger partial charge in [-0.2, -0.15) is 0 Å². The SMILES string of the molecule is COC(=O)CC[C@H](NC(=O)[C@H](Cc1ccccc1)NC(C)=O)C(=O)OC. The summed E-state index contributed by atoms with van der Waals surface area (Å²) in [5, 5.41) is 5.11. The molecule has 2 atom stereocenters. The van der Waals surface area contributed by atoms with Gasteiger partial charge in [0.25, 0.3) is 0 Å². The number of hydrogen-bond acceptors (Lipinski definition) is 6. The normalized spacial score (nSPS) is 12.4. The summed E-state index contributed by atoms with van der Waals surface area (Å²) in [5.74, 6) is -2.09. The average molecular weight is 364 g/mol. The first-order valence-corrected chi connectivity index (χ1v) is 8.13. The van der Waals surface area contributed by atoms with Crippen LogP contribution in [0.25, 0.3) is 0 Å². The molecule has 0 saturated carbocycles. The first kappa shape index (κ1) is 21.1. The van der Waals surface area contributed by atoms with E-state index in [2.05, 4.69) is 20.1 Å². The van der Waals surface area contributed by atoms with Crippen LogP contribution in [0.2, 0.25) is 0 Å². The van der Waals surface area contributed by atoms with Crippen LogP contribution in [0.15, 0.2) is 30.3 Å². The molecule has 26 heavy (non-hydrogen) atoms. The van der Waals surface area contributed by atoms with Crippen molar-refractivity contribution in [3.8, 4) is 0 Å². The van der Waals surface area contributed by atoms with Gasteiger partial charge in [0, 0.05) is 19.8 Å². The van der Waals surface area contributed by atoms with Crippen molar-refractivity contribution in [2.75, 3.05) is 14.2 Å². The predicted molar refractivity (Wildman–Crippen MR) is 92.9 cm³/mol. The fraction of sp³-hybridized carbons (Fsp3) is 0.444. The number of methoxy groups -OCH3 is 2. The third-order valence-corrected chi connectivity index (χ3v) is 3.64. The summed E-state index contributed by atoms with van der Waals surface area (Å²) in [5.41, 5.74) is 0.852. The van der Waals surface area contributed by atoms with Gasteiger partial charge in [-0.1, -0.05) is 30.3 Å². The highest BCUT2D eigenvalue weighted by Gasteiger charge is 2.27. The molecule has 1 aromatic rings. The molecule has 0 bridgehead atoms. The summed E-state index contributed by atoms with van der Waals surface area (Å²) >= 11 is 0. The van der Waals surface area contributed by atoms with E-state index in [1.165, 1.54) is 21.1 Å². The number of nitrogens with one attached hydrogen (secondary N) is 2. The minimum absolute atomic E-state index is 0.0310. The Balaban J connectivity index is 2.83. The highest BCUT2D eigenvalue weighted by atomic mass is 16.5. The second-order valence-electron chi connectivity index (χ2n) is 5.64. The van der Waals surface area contributed by atoms with Gasteiger partial charge in [0.2, 0.25) is 11.8 Å². The molecular weight excluding hydrogens is 340 g/mol. The first-order chi connectivity index (χ1) is 12.4. The van der Waals surface area contributed by atoms with Crippen LogP contribution in [-0.4, -0.2) is 50.1 Å². The minimum Gasteiger partial charge on any atom is -0.469 e. The van der Waals surface area contributed by atoms with Crippen LogP contribution in [0.5, 0.6) is 0 Å². The molecule has 0 spiro atoms. The van der Waals surface area contributed by atoms with Gasteiger partial charge in [-0.15, -0.1) is 0 Å². The standard InChI is InChI=1S/C18H24N2O6/c1-12(21)19-15(11-13-7-5-4-6-8-13)17(23)20-14(18(24)26-3)9-10-16(22)25-2/h4-8,14-15H,9-11H2,1-3H3,(H,19,21)(H,20,23)/t14-,15-/m0/s1. The zero-order valence-corrected chi connectivity index (χ0v) is 15.1. The second-order valence-corrected chi connectivity index (χ2v) is 5.64. The topological polar surface area (TPSA) is 111 Å². The van der Waals surface area contributed by atoms with Gasteiger partial charge in [0.15, 0.2) is 0 Å². The summed E-state index contributed by atoms with van der Waals surface area (Å²) < 4.78 is 9.20. The number of rotatable bonds is 9. The lowest BCUT2D eigenvalue weighted by molar-refractivity contribution is -0.146. The number of esters is 2. The Kier molecular flexibility index (Phi) is 8.83. The lowest BCUT2D eigenvalue weighted by atomic mass is 10.0. The lowest BCUT2D eigenvalue weighted by Crippen LogP contribution is -2.52. The van der Waals surface area contributed by atoms with E-state index in [1.54, 1.807) is 0 Å². The van der Waals surface area contributed by atoms with Gasteiger partial charge < -0.3 is 20.1 Å². The predicted octanol–water partition coefficient (Wildman–Crippen LogP) is 0.345. The summed E-state index contributed by atoms with van der Waals surface area (Å²) in [6.45, 7) is 1.31. The third-order valence-electron chi connectivity index (χ3n) is 3.64. The molecule has 0 saturated heterocycles. The molecule has 2 amide bonds. The number of hydrogen-bond donors (Lipinski definition) is 2. The van der Waals surface area contributed by atoms with E-state index in [-0.39, 0.29) is 25.2 Å². The Morgan fingerprint density at radius 1 is 0.962 bits per heavy atom. The average Bonchev–Trinajstić information content (AvgIpc) is 2.63. The molecule has 0 aliphatic carbocycles. The Bertz CT molecular complexity index is 632. The summed E-state index contributed by atoms with van der Waals surface area (Å²) in [6.07, 6.45) is 0.237.